The molecule has 126 valence electrons. The normalized spacial score (nSPS) is 19.5. The largest absolute Gasteiger partial charge is 0.379 e. The number of carbonyl (C=O) groups excluding carboxylic acids is 1. The molecule has 0 unspecified atom stereocenters. The highest BCUT2D eigenvalue weighted by Gasteiger charge is 2.31. The topological polar surface area (TPSA) is 66.9 Å². The highest BCUT2D eigenvalue weighted by Crippen LogP contribution is 2.32. The van der Waals surface area contributed by atoms with Crippen LogP contribution in [-0.2, 0) is 14.8 Å². The van der Waals surface area contributed by atoms with Crippen molar-refractivity contribution in [1.29, 1.82) is 0 Å². The molecule has 0 aromatic heterocycles. The van der Waals surface area contributed by atoms with Crippen molar-refractivity contribution < 1.29 is 17.9 Å². The second-order valence-electron chi connectivity index (χ2n) is 5.42. The molecule has 3 rings (SSSR count). The molecule has 0 atom stereocenters. The van der Waals surface area contributed by atoms with Crippen LogP contribution in [-0.4, -0.2) is 62.9 Å². The van der Waals surface area contributed by atoms with Gasteiger partial charge in [0.1, 0.15) is 4.90 Å². The van der Waals surface area contributed by atoms with Gasteiger partial charge in [0, 0.05) is 26.2 Å². The second kappa shape index (κ2) is 6.57. The molecule has 6 nitrogen and oxygen atoms in total. The minimum atomic E-state index is -3.79. The third kappa shape index (κ3) is 3.21. The summed E-state index contributed by atoms with van der Waals surface area (Å²) in [6.07, 6.45) is 0.940. The van der Waals surface area contributed by atoms with Crippen molar-refractivity contribution in [2.24, 2.45) is 0 Å². The van der Waals surface area contributed by atoms with E-state index in [4.69, 9.17) is 27.9 Å². The van der Waals surface area contributed by atoms with E-state index in [1.54, 1.807) is 4.90 Å². The first-order valence-corrected chi connectivity index (χ1v) is 9.47. The summed E-state index contributed by atoms with van der Waals surface area (Å²) in [5, 5.41) is 0.175. The van der Waals surface area contributed by atoms with Crippen LogP contribution < -0.4 is 0 Å². The van der Waals surface area contributed by atoms with Crippen LogP contribution >= 0.6 is 23.2 Å². The smallest absolute Gasteiger partial charge is 0.255 e. The molecule has 1 amide bonds. The summed E-state index contributed by atoms with van der Waals surface area (Å²) in [6, 6.07) is 2.61. The van der Waals surface area contributed by atoms with Crippen molar-refractivity contribution in [3.8, 4) is 0 Å². The number of hydrogen-bond acceptors (Lipinski definition) is 4. The molecule has 0 N–H and O–H groups in total. The monoisotopic (exact) mass is 378 g/mol. The number of rotatable bonds is 3. The van der Waals surface area contributed by atoms with Gasteiger partial charge in [0.2, 0.25) is 10.0 Å². The molecule has 1 aromatic carbocycles. The van der Waals surface area contributed by atoms with Gasteiger partial charge in [-0.25, -0.2) is 8.42 Å². The number of hydrogen-bond donors (Lipinski definition) is 0. The highest BCUT2D eigenvalue weighted by atomic mass is 35.5. The van der Waals surface area contributed by atoms with Gasteiger partial charge in [0.05, 0.1) is 28.8 Å². The van der Waals surface area contributed by atoms with E-state index in [1.165, 1.54) is 16.4 Å². The van der Waals surface area contributed by atoms with Crippen molar-refractivity contribution in [3.05, 3.63) is 27.7 Å². The average Bonchev–Trinajstić information content (AvgIpc) is 2.46. The lowest BCUT2D eigenvalue weighted by Gasteiger charge is -2.31. The number of morpholine rings is 1. The number of likely N-dealkylation sites (tertiary alicyclic amines) is 1. The Kier molecular flexibility index (Phi) is 4.85. The Labute approximate surface area is 145 Å². The lowest BCUT2D eigenvalue weighted by Crippen LogP contribution is -2.42. The summed E-state index contributed by atoms with van der Waals surface area (Å²) in [6.45, 7) is 2.51. The number of amides is 1. The predicted molar refractivity (Wildman–Crippen MR) is 86.6 cm³/mol. The Morgan fingerprint density at radius 1 is 1.04 bits per heavy atom. The third-order valence-corrected chi connectivity index (χ3v) is 6.66. The van der Waals surface area contributed by atoms with Gasteiger partial charge in [0.25, 0.3) is 5.91 Å². The van der Waals surface area contributed by atoms with E-state index in [1.807, 2.05) is 0 Å². The molecule has 0 radical (unpaired) electrons. The van der Waals surface area contributed by atoms with E-state index < -0.39 is 10.0 Å². The van der Waals surface area contributed by atoms with E-state index in [2.05, 4.69) is 0 Å². The molecule has 0 saturated carbocycles. The Morgan fingerprint density at radius 2 is 1.70 bits per heavy atom. The van der Waals surface area contributed by atoms with E-state index in [0.29, 0.717) is 26.3 Å². The van der Waals surface area contributed by atoms with Gasteiger partial charge in [-0.2, -0.15) is 4.31 Å². The number of nitrogens with zero attached hydrogens (tertiary/aromatic N) is 2. The Balaban J connectivity index is 1.99. The first-order valence-electron chi connectivity index (χ1n) is 7.27. The summed E-state index contributed by atoms with van der Waals surface area (Å²) in [7, 11) is -3.79. The summed E-state index contributed by atoms with van der Waals surface area (Å²) in [4.78, 5) is 13.9. The van der Waals surface area contributed by atoms with Gasteiger partial charge in [-0.05, 0) is 18.6 Å². The van der Waals surface area contributed by atoms with Crippen LogP contribution in [0.4, 0.5) is 0 Å². The molecule has 2 heterocycles. The molecule has 2 fully saturated rings. The zero-order chi connectivity index (χ0) is 16.6. The zero-order valence-corrected chi connectivity index (χ0v) is 14.6. The first-order chi connectivity index (χ1) is 10.9. The van der Waals surface area contributed by atoms with Gasteiger partial charge >= 0.3 is 0 Å². The van der Waals surface area contributed by atoms with Crippen molar-refractivity contribution >= 4 is 39.1 Å². The van der Waals surface area contributed by atoms with Crippen LogP contribution in [0.3, 0.4) is 0 Å². The lowest BCUT2D eigenvalue weighted by atomic mass is 10.1. The maximum absolute atomic E-state index is 12.8. The van der Waals surface area contributed by atoms with Crippen molar-refractivity contribution in [2.75, 3.05) is 39.4 Å². The van der Waals surface area contributed by atoms with Crippen molar-refractivity contribution in [3.63, 3.8) is 0 Å². The molecule has 0 aliphatic carbocycles. The molecule has 0 bridgehead atoms. The minimum absolute atomic E-state index is 0.0154. The second-order valence-corrected chi connectivity index (χ2v) is 8.15. The van der Waals surface area contributed by atoms with E-state index in [9.17, 15) is 13.2 Å². The quantitative estimate of drug-likeness (QED) is 0.804. The van der Waals surface area contributed by atoms with Crippen LogP contribution in [0.15, 0.2) is 17.0 Å². The SMILES string of the molecule is O=C(c1cc(S(=O)(=O)N2CCOCC2)c(Cl)cc1Cl)N1CCC1. The van der Waals surface area contributed by atoms with Gasteiger partial charge in [-0.1, -0.05) is 23.2 Å². The molecule has 2 aliphatic rings. The zero-order valence-electron chi connectivity index (χ0n) is 12.3. The van der Waals surface area contributed by atoms with Crippen molar-refractivity contribution in [2.45, 2.75) is 11.3 Å². The maximum Gasteiger partial charge on any atom is 0.255 e. The fourth-order valence-corrected chi connectivity index (χ4v) is 4.74. The maximum atomic E-state index is 12.8. The highest BCUT2D eigenvalue weighted by molar-refractivity contribution is 7.89. The number of sulfonamides is 1. The van der Waals surface area contributed by atoms with Crippen LogP contribution in [0, 0.1) is 0 Å². The molecule has 9 heteroatoms. The lowest BCUT2D eigenvalue weighted by molar-refractivity contribution is 0.0651. The summed E-state index contributed by atoms with van der Waals surface area (Å²) in [5.74, 6) is -0.267. The van der Waals surface area contributed by atoms with Gasteiger partial charge in [0.15, 0.2) is 0 Å². The Bertz CT molecular complexity index is 729. The molecule has 0 spiro atoms. The standard InChI is InChI=1S/C14H16Cl2N2O4S/c15-11-9-12(16)13(8-10(11)14(19)17-2-1-3-17)23(20,21)18-4-6-22-7-5-18/h8-9H,1-7H2. The molecule has 2 saturated heterocycles. The van der Waals surface area contributed by atoms with Crippen LogP contribution in [0.1, 0.15) is 16.8 Å². The van der Waals surface area contributed by atoms with E-state index in [-0.39, 0.29) is 39.5 Å². The van der Waals surface area contributed by atoms with E-state index in [0.717, 1.165) is 6.42 Å². The van der Waals surface area contributed by atoms with Crippen LogP contribution in [0.2, 0.25) is 10.0 Å². The van der Waals surface area contributed by atoms with Crippen LogP contribution in [0.5, 0.6) is 0 Å². The molecule has 23 heavy (non-hydrogen) atoms. The molecular formula is C14H16Cl2N2O4S. The third-order valence-electron chi connectivity index (χ3n) is 3.98. The molecule has 1 aromatic rings. The summed E-state index contributed by atoms with van der Waals surface area (Å²) in [5.41, 5.74) is 0.169. The fourth-order valence-electron chi connectivity index (χ4n) is 2.51. The Morgan fingerprint density at radius 3 is 2.26 bits per heavy atom. The number of halogens is 2. The number of carbonyl (C=O) groups is 1. The predicted octanol–water partition coefficient (Wildman–Crippen LogP) is 1.86. The summed E-state index contributed by atoms with van der Waals surface area (Å²) < 4.78 is 32.0. The van der Waals surface area contributed by atoms with Gasteiger partial charge < -0.3 is 9.64 Å². The Hall–Kier alpha value is -0.860. The van der Waals surface area contributed by atoms with Gasteiger partial charge in [-0.3, -0.25) is 4.79 Å². The first kappa shape index (κ1) is 17.0. The average molecular weight is 379 g/mol. The number of ether oxygens (including phenoxy) is 1. The number of benzene rings is 1. The minimum Gasteiger partial charge on any atom is -0.379 e. The van der Waals surface area contributed by atoms with Gasteiger partial charge in [-0.15, -0.1) is 0 Å². The van der Waals surface area contributed by atoms with Crippen molar-refractivity contribution in [1.82, 2.24) is 9.21 Å². The molecule has 2 aliphatic heterocycles. The summed E-state index contributed by atoms with van der Waals surface area (Å²) >= 11 is 12.2. The fraction of sp³-hybridized carbons (Fsp3) is 0.500. The molecular weight excluding hydrogens is 363 g/mol. The van der Waals surface area contributed by atoms with Crippen LogP contribution in [0.25, 0.3) is 0 Å². The van der Waals surface area contributed by atoms with E-state index >= 15 is 0 Å².